The zero-order valence-electron chi connectivity index (χ0n) is 21.8. The van der Waals surface area contributed by atoms with E-state index in [1.54, 1.807) is 5.57 Å². The van der Waals surface area contributed by atoms with Gasteiger partial charge in [0.25, 0.3) is 0 Å². The molecule has 3 fully saturated rings. The predicted octanol–water partition coefficient (Wildman–Crippen LogP) is 7.13. The van der Waals surface area contributed by atoms with Gasteiger partial charge in [-0.3, -0.25) is 9.11 Å². The second-order valence-electron chi connectivity index (χ2n) is 11.3. The lowest BCUT2D eigenvalue weighted by Crippen LogP contribution is -2.36. The normalized spacial score (nSPS) is 32.7. The Morgan fingerprint density at radius 3 is 2.35 bits per heavy atom. The maximum absolute atomic E-state index is 10.0. The lowest BCUT2D eigenvalue weighted by Gasteiger charge is -2.44. The topological polar surface area (TPSA) is 130 Å². The molecule has 0 aliphatic heterocycles. The first kappa shape index (κ1) is 31.0. The van der Waals surface area contributed by atoms with Crippen molar-refractivity contribution < 1.29 is 22.6 Å². The van der Waals surface area contributed by atoms with E-state index in [4.69, 9.17) is 17.5 Å². The van der Waals surface area contributed by atoms with Gasteiger partial charge in [0.15, 0.2) is 0 Å². The smallest absolute Gasteiger partial charge is 0.393 e. The molecule has 7 heteroatoms. The number of aliphatic hydroxyl groups excluding tert-OH is 1. The molecule has 0 aromatic carbocycles. The number of hydrogen-bond acceptors (Lipinski definition) is 4. The van der Waals surface area contributed by atoms with Gasteiger partial charge in [0.2, 0.25) is 0 Å². The van der Waals surface area contributed by atoms with Gasteiger partial charge in [-0.25, -0.2) is 0 Å². The molecule has 34 heavy (non-hydrogen) atoms. The van der Waals surface area contributed by atoms with Crippen LogP contribution in [-0.2, 0) is 10.4 Å². The fourth-order valence-corrected chi connectivity index (χ4v) is 6.66. The van der Waals surface area contributed by atoms with Crippen molar-refractivity contribution in [2.45, 2.75) is 104 Å². The third-order valence-electron chi connectivity index (χ3n) is 8.35. The number of fused-ring (bicyclic) bond motifs is 1. The maximum Gasteiger partial charge on any atom is 0.394 e. The van der Waals surface area contributed by atoms with E-state index in [0.29, 0.717) is 5.41 Å². The third-order valence-corrected chi connectivity index (χ3v) is 8.35. The maximum atomic E-state index is 10.0. The Morgan fingerprint density at radius 2 is 1.74 bits per heavy atom. The van der Waals surface area contributed by atoms with Crippen LogP contribution in [0.1, 0.15) is 98.3 Å². The molecule has 0 saturated heterocycles. The van der Waals surface area contributed by atoms with E-state index in [1.165, 1.54) is 62.5 Å². The summed E-state index contributed by atoms with van der Waals surface area (Å²) < 4.78 is 31.6. The van der Waals surface area contributed by atoms with Crippen molar-refractivity contribution >= 4 is 10.4 Å². The Bertz CT molecular complexity index is 824. The molecule has 0 aromatic rings. The molecular formula is C27H49NO5S. The monoisotopic (exact) mass is 499 g/mol. The minimum Gasteiger partial charge on any atom is -0.393 e. The summed E-state index contributed by atoms with van der Waals surface area (Å²) in [5, 5.41) is 10.0. The first-order valence-electron chi connectivity index (χ1n) is 12.8. The third kappa shape index (κ3) is 9.23. The van der Waals surface area contributed by atoms with Crippen LogP contribution in [0.4, 0.5) is 0 Å². The highest BCUT2D eigenvalue weighted by atomic mass is 32.3. The van der Waals surface area contributed by atoms with Crippen LogP contribution in [0.25, 0.3) is 0 Å². The van der Waals surface area contributed by atoms with Crippen molar-refractivity contribution in [3.63, 3.8) is 0 Å². The molecule has 3 rings (SSSR count). The molecule has 6 nitrogen and oxygen atoms in total. The molecular weight excluding hydrogens is 450 g/mol. The molecule has 3 saturated carbocycles. The standard InChI is InChI=1S/C27H44O.H3N.H2O4S/c1-19(2)8-6-9-21(4)25-15-16-26-22(10-7-17-27(25,26)5)12-13-23-18-24(28)14-11-20(23)3;;1-5(2,3)4/h12-13,19,21,24-26,28H,3,6-11,14-18H2,1-2,4-5H3;1H3;(H2,1,2,3,4)/b22-12+,23-13+;;/t21?,24-,25+,26-,27+;;/m0../s1. The second kappa shape index (κ2) is 13.4. The van der Waals surface area contributed by atoms with E-state index in [9.17, 15) is 5.11 Å². The van der Waals surface area contributed by atoms with Gasteiger partial charge in [-0.1, -0.05) is 76.8 Å². The summed E-state index contributed by atoms with van der Waals surface area (Å²) in [7, 11) is -4.67. The minimum absolute atomic E-state index is 0. The van der Waals surface area contributed by atoms with Gasteiger partial charge in [-0.2, -0.15) is 8.42 Å². The van der Waals surface area contributed by atoms with E-state index in [1.807, 2.05) is 0 Å². The first-order chi connectivity index (χ1) is 15.3. The summed E-state index contributed by atoms with van der Waals surface area (Å²) in [6.07, 6.45) is 18.2. The lowest BCUT2D eigenvalue weighted by molar-refractivity contribution is 0.0928. The average Bonchev–Trinajstić information content (AvgIpc) is 3.04. The molecule has 0 spiro atoms. The Kier molecular flexibility index (Phi) is 12.2. The van der Waals surface area contributed by atoms with Crippen LogP contribution < -0.4 is 6.15 Å². The van der Waals surface area contributed by atoms with E-state index < -0.39 is 10.4 Å². The number of allylic oxidation sites excluding steroid dienone is 4. The van der Waals surface area contributed by atoms with Crippen LogP contribution in [0.15, 0.2) is 35.5 Å². The largest absolute Gasteiger partial charge is 0.394 e. The summed E-state index contributed by atoms with van der Waals surface area (Å²) in [6.45, 7) is 14.1. The zero-order valence-corrected chi connectivity index (χ0v) is 22.6. The van der Waals surface area contributed by atoms with E-state index in [0.717, 1.165) is 42.9 Å². The molecule has 0 radical (unpaired) electrons. The number of hydrogen-bond donors (Lipinski definition) is 4. The average molecular weight is 500 g/mol. The van der Waals surface area contributed by atoms with Gasteiger partial charge in [-0.15, -0.1) is 0 Å². The number of aliphatic hydroxyl groups is 1. The van der Waals surface area contributed by atoms with Crippen LogP contribution >= 0.6 is 0 Å². The van der Waals surface area contributed by atoms with Crippen LogP contribution in [0.5, 0.6) is 0 Å². The van der Waals surface area contributed by atoms with E-state index in [2.05, 4.69) is 46.4 Å². The summed E-state index contributed by atoms with van der Waals surface area (Å²) in [6, 6.07) is 0. The number of rotatable bonds is 6. The van der Waals surface area contributed by atoms with E-state index >= 15 is 0 Å². The van der Waals surface area contributed by atoms with Gasteiger partial charge >= 0.3 is 10.4 Å². The van der Waals surface area contributed by atoms with Gasteiger partial charge in [-0.05, 0) is 86.0 Å². The molecule has 0 aromatic heterocycles. The molecule has 3 aliphatic carbocycles. The van der Waals surface area contributed by atoms with Gasteiger partial charge in [0, 0.05) is 0 Å². The Balaban J connectivity index is 0.000000873. The molecule has 0 bridgehead atoms. The summed E-state index contributed by atoms with van der Waals surface area (Å²) >= 11 is 0. The highest BCUT2D eigenvalue weighted by molar-refractivity contribution is 7.79. The van der Waals surface area contributed by atoms with Crippen LogP contribution in [0, 0.1) is 29.1 Å². The summed E-state index contributed by atoms with van der Waals surface area (Å²) in [5.41, 5.74) is 4.72. The lowest BCUT2D eigenvalue weighted by atomic mass is 9.60. The summed E-state index contributed by atoms with van der Waals surface area (Å²) in [4.78, 5) is 0. The summed E-state index contributed by atoms with van der Waals surface area (Å²) in [5.74, 6) is 3.37. The molecule has 0 amide bonds. The SMILES string of the molecule is C=C1CC[C@H](O)C/C1=C\C=C1/CCC[C@]2(C)[C@@H](C(C)CCCC(C)C)CC[C@@H]12.N.O=S(=O)(O)O. The quantitative estimate of drug-likeness (QED) is 0.288. The van der Waals surface area contributed by atoms with Crippen molar-refractivity contribution in [2.24, 2.45) is 29.1 Å². The predicted molar refractivity (Wildman–Crippen MR) is 140 cm³/mol. The van der Waals surface area contributed by atoms with Crippen molar-refractivity contribution in [1.29, 1.82) is 0 Å². The fraction of sp³-hybridized carbons (Fsp3) is 0.778. The van der Waals surface area contributed by atoms with Crippen molar-refractivity contribution in [1.82, 2.24) is 6.15 Å². The highest BCUT2D eigenvalue weighted by Crippen LogP contribution is 2.59. The van der Waals surface area contributed by atoms with Crippen molar-refractivity contribution in [3.05, 3.63) is 35.5 Å². The molecule has 0 heterocycles. The fourth-order valence-electron chi connectivity index (χ4n) is 6.66. The van der Waals surface area contributed by atoms with Crippen LogP contribution in [-0.4, -0.2) is 28.7 Å². The Labute approximate surface area is 208 Å². The van der Waals surface area contributed by atoms with Gasteiger partial charge in [0.05, 0.1) is 6.10 Å². The first-order valence-corrected chi connectivity index (χ1v) is 14.2. The van der Waals surface area contributed by atoms with Crippen molar-refractivity contribution in [2.75, 3.05) is 0 Å². The molecule has 3 aliphatic rings. The second-order valence-corrected chi connectivity index (χ2v) is 12.2. The van der Waals surface area contributed by atoms with Gasteiger partial charge < -0.3 is 11.3 Å². The Morgan fingerprint density at radius 1 is 1.09 bits per heavy atom. The van der Waals surface area contributed by atoms with Crippen LogP contribution in [0.2, 0.25) is 0 Å². The molecule has 1 unspecified atom stereocenters. The molecule has 5 atom stereocenters. The molecule has 198 valence electrons. The molecule has 6 N–H and O–H groups in total. The zero-order chi connectivity index (χ0) is 24.8. The van der Waals surface area contributed by atoms with Crippen LogP contribution in [0.3, 0.4) is 0 Å². The van der Waals surface area contributed by atoms with E-state index in [-0.39, 0.29) is 12.3 Å². The minimum atomic E-state index is -4.67. The van der Waals surface area contributed by atoms with Crippen molar-refractivity contribution in [3.8, 4) is 0 Å². The van der Waals surface area contributed by atoms with Gasteiger partial charge in [0.1, 0.15) is 0 Å². The Hall–Kier alpha value is -0.990. The highest BCUT2D eigenvalue weighted by Gasteiger charge is 2.50.